The molecule has 0 amide bonds. The van der Waals surface area contributed by atoms with E-state index in [9.17, 15) is 14.4 Å². The SMILES string of the molecule is CCCCCCCCCCCCCCCCCCCCC(=O)OC[C@@H](COC(=O)CCCCCCCCC(C)CC)OC(=O)CCCCCCCCCCCCCCCCCCCCC(C)CC. The van der Waals surface area contributed by atoms with E-state index < -0.39 is 6.10 Å². The average Bonchev–Trinajstić information content (AvgIpc) is 3.34. The molecule has 0 aromatic carbocycles. The van der Waals surface area contributed by atoms with Crippen LogP contribution in [0.15, 0.2) is 0 Å². The zero-order chi connectivity index (χ0) is 49.6. The molecule has 404 valence electrons. The lowest BCUT2D eigenvalue weighted by Gasteiger charge is -2.18. The molecule has 0 saturated heterocycles. The normalized spacial score (nSPS) is 12.8. The van der Waals surface area contributed by atoms with Crippen LogP contribution >= 0.6 is 0 Å². The van der Waals surface area contributed by atoms with Crippen molar-refractivity contribution in [3.8, 4) is 0 Å². The summed E-state index contributed by atoms with van der Waals surface area (Å²) in [5.74, 6) is 0.883. The molecule has 0 saturated carbocycles. The van der Waals surface area contributed by atoms with Gasteiger partial charge in [-0.05, 0) is 31.1 Å². The highest BCUT2D eigenvalue weighted by atomic mass is 16.6. The predicted molar refractivity (Wildman–Crippen MR) is 293 cm³/mol. The Morgan fingerprint density at radius 1 is 0.294 bits per heavy atom. The summed E-state index contributed by atoms with van der Waals surface area (Å²) in [5.41, 5.74) is 0. The highest BCUT2D eigenvalue weighted by Gasteiger charge is 2.19. The van der Waals surface area contributed by atoms with Crippen LogP contribution in [0.1, 0.15) is 349 Å². The molecular formula is C62H120O6. The zero-order valence-electron chi connectivity index (χ0n) is 46.7. The van der Waals surface area contributed by atoms with Gasteiger partial charge >= 0.3 is 17.9 Å². The first-order chi connectivity index (χ1) is 33.3. The smallest absolute Gasteiger partial charge is 0.306 e. The summed E-state index contributed by atoms with van der Waals surface area (Å²) in [6.07, 6.45) is 59.6. The molecule has 68 heavy (non-hydrogen) atoms. The van der Waals surface area contributed by atoms with E-state index in [-0.39, 0.29) is 31.1 Å². The molecule has 0 aliphatic heterocycles. The Labute approximate surface area is 425 Å². The summed E-state index contributed by atoms with van der Waals surface area (Å²) in [6.45, 7) is 11.4. The van der Waals surface area contributed by atoms with Gasteiger partial charge in [0.25, 0.3) is 0 Å². The first-order valence-corrected chi connectivity index (χ1v) is 30.8. The van der Waals surface area contributed by atoms with E-state index in [4.69, 9.17) is 14.2 Å². The van der Waals surface area contributed by atoms with Crippen LogP contribution in [0.4, 0.5) is 0 Å². The Kier molecular flexibility index (Phi) is 53.5. The fraction of sp³-hybridized carbons (Fsp3) is 0.952. The van der Waals surface area contributed by atoms with Crippen LogP contribution in [0.2, 0.25) is 0 Å². The molecule has 3 atom stereocenters. The molecule has 6 nitrogen and oxygen atoms in total. The summed E-state index contributed by atoms with van der Waals surface area (Å²) < 4.78 is 16.9. The van der Waals surface area contributed by atoms with Gasteiger partial charge in [0.05, 0.1) is 0 Å². The minimum absolute atomic E-state index is 0.0631. The minimum Gasteiger partial charge on any atom is -0.462 e. The van der Waals surface area contributed by atoms with Crippen LogP contribution in [-0.4, -0.2) is 37.2 Å². The van der Waals surface area contributed by atoms with E-state index in [1.54, 1.807) is 0 Å². The lowest BCUT2D eigenvalue weighted by molar-refractivity contribution is -0.167. The summed E-state index contributed by atoms with van der Waals surface area (Å²) in [5, 5.41) is 0. The number of ether oxygens (including phenoxy) is 3. The van der Waals surface area contributed by atoms with Crippen molar-refractivity contribution in [2.24, 2.45) is 11.8 Å². The van der Waals surface area contributed by atoms with Gasteiger partial charge in [0.2, 0.25) is 0 Å². The highest BCUT2D eigenvalue weighted by molar-refractivity contribution is 5.71. The number of carbonyl (C=O) groups excluding carboxylic acids is 3. The van der Waals surface area contributed by atoms with Crippen molar-refractivity contribution >= 4 is 17.9 Å². The molecule has 0 aliphatic carbocycles. The topological polar surface area (TPSA) is 78.9 Å². The second-order valence-electron chi connectivity index (χ2n) is 21.8. The first-order valence-electron chi connectivity index (χ1n) is 30.8. The molecule has 2 unspecified atom stereocenters. The molecule has 0 spiro atoms. The largest absolute Gasteiger partial charge is 0.462 e. The molecule has 0 fully saturated rings. The Bertz CT molecular complexity index is 1040. The number of hydrogen-bond donors (Lipinski definition) is 0. The first kappa shape index (κ1) is 66.4. The molecule has 0 aliphatic rings. The van der Waals surface area contributed by atoms with Crippen molar-refractivity contribution in [2.45, 2.75) is 355 Å². The quantitative estimate of drug-likeness (QED) is 0.0343. The maximum absolute atomic E-state index is 12.9. The zero-order valence-corrected chi connectivity index (χ0v) is 46.7. The van der Waals surface area contributed by atoms with Gasteiger partial charge in [0, 0.05) is 19.3 Å². The number of esters is 3. The maximum atomic E-state index is 12.9. The van der Waals surface area contributed by atoms with E-state index >= 15 is 0 Å². The van der Waals surface area contributed by atoms with Crippen LogP contribution in [0.3, 0.4) is 0 Å². The summed E-state index contributed by atoms with van der Waals surface area (Å²) >= 11 is 0. The molecule has 0 rings (SSSR count). The molecule has 0 aromatic rings. The fourth-order valence-electron chi connectivity index (χ4n) is 9.52. The molecule has 0 N–H and O–H groups in total. The maximum Gasteiger partial charge on any atom is 0.306 e. The molecule has 0 aromatic heterocycles. The van der Waals surface area contributed by atoms with E-state index in [1.165, 1.54) is 238 Å². The summed E-state index contributed by atoms with van der Waals surface area (Å²) in [6, 6.07) is 0. The van der Waals surface area contributed by atoms with Gasteiger partial charge in [0.15, 0.2) is 6.10 Å². The molecule has 0 bridgehead atoms. The van der Waals surface area contributed by atoms with E-state index in [0.717, 1.165) is 69.6 Å². The van der Waals surface area contributed by atoms with Crippen molar-refractivity contribution in [1.82, 2.24) is 0 Å². The van der Waals surface area contributed by atoms with Gasteiger partial charge in [-0.2, -0.15) is 0 Å². The van der Waals surface area contributed by atoms with Gasteiger partial charge in [-0.3, -0.25) is 14.4 Å². The Balaban J connectivity index is 4.21. The van der Waals surface area contributed by atoms with Crippen LogP contribution < -0.4 is 0 Å². The molecule has 0 radical (unpaired) electrons. The van der Waals surface area contributed by atoms with Crippen LogP contribution in [0.25, 0.3) is 0 Å². The number of rotatable bonds is 56. The third-order valence-corrected chi connectivity index (χ3v) is 14.9. The lowest BCUT2D eigenvalue weighted by Crippen LogP contribution is -2.30. The minimum atomic E-state index is -0.764. The standard InChI is InChI=1S/C62H120O6/c1-6-9-10-11-12-13-14-15-16-17-21-24-27-30-33-36-42-47-52-60(63)66-55-59(56-67-61(64)53-48-43-39-38-41-46-51-58(5)8-3)68-62(65)54-49-44-37-34-31-28-25-22-19-18-20-23-26-29-32-35-40-45-50-57(4)7-2/h57-59H,6-56H2,1-5H3/t57?,58?,59-/m0/s1. The number of hydrogen-bond acceptors (Lipinski definition) is 6. The van der Waals surface area contributed by atoms with Gasteiger partial charge in [-0.1, -0.05) is 311 Å². The monoisotopic (exact) mass is 961 g/mol. The van der Waals surface area contributed by atoms with Crippen molar-refractivity contribution in [1.29, 1.82) is 0 Å². The Morgan fingerprint density at radius 3 is 0.765 bits per heavy atom. The Hall–Kier alpha value is -1.59. The summed E-state index contributed by atoms with van der Waals surface area (Å²) in [4.78, 5) is 38.2. The average molecular weight is 962 g/mol. The lowest BCUT2D eigenvalue weighted by atomic mass is 9.99. The van der Waals surface area contributed by atoms with Crippen molar-refractivity contribution in [3.05, 3.63) is 0 Å². The third-order valence-electron chi connectivity index (χ3n) is 14.9. The molecule has 0 heterocycles. The number of carbonyl (C=O) groups is 3. The highest BCUT2D eigenvalue weighted by Crippen LogP contribution is 2.19. The van der Waals surface area contributed by atoms with Gasteiger partial charge in [-0.15, -0.1) is 0 Å². The number of unbranched alkanes of at least 4 members (excludes halogenated alkanes) is 39. The van der Waals surface area contributed by atoms with E-state index in [0.29, 0.717) is 19.3 Å². The van der Waals surface area contributed by atoms with Crippen molar-refractivity contribution in [2.75, 3.05) is 13.2 Å². The van der Waals surface area contributed by atoms with E-state index in [2.05, 4.69) is 34.6 Å². The van der Waals surface area contributed by atoms with Crippen LogP contribution in [-0.2, 0) is 28.6 Å². The molecular weight excluding hydrogens is 841 g/mol. The van der Waals surface area contributed by atoms with Crippen LogP contribution in [0.5, 0.6) is 0 Å². The van der Waals surface area contributed by atoms with E-state index in [1.807, 2.05) is 0 Å². The molecule has 6 heteroatoms. The fourth-order valence-corrected chi connectivity index (χ4v) is 9.52. The van der Waals surface area contributed by atoms with Crippen LogP contribution in [0, 0.1) is 11.8 Å². The van der Waals surface area contributed by atoms with Crippen molar-refractivity contribution < 1.29 is 28.6 Å². The third kappa shape index (κ3) is 52.2. The Morgan fingerprint density at radius 2 is 0.515 bits per heavy atom. The van der Waals surface area contributed by atoms with Gasteiger partial charge in [-0.25, -0.2) is 0 Å². The van der Waals surface area contributed by atoms with Crippen molar-refractivity contribution in [3.63, 3.8) is 0 Å². The predicted octanol–water partition coefficient (Wildman–Crippen LogP) is 20.4. The second kappa shape index (κ2) is 54.7. The summed E-state index contributed by atoms with van der Waals surface area (Å²) in [7, 11) is 0. The second-order valence-corrected chi connectivity index (χ2v) is 21.8. The van der Waals surface area contributed by atoms with Gasteiger partial charge < -0.3 is 14.2 Å². The van der Waals surface area contributed by atoms with Gasteiger partial charge in [0.1, 0.15) is 13.2 Å².